The third kappa shape index (κ3) is 4.44. The normalized spacial score (nSPS) is 14.2. The minimum absolute atomic E-state index is 0. The Kier molecular flexibility index (Phi) is 7.14. The molecule has 1 heterocycles. The summed E-state index contributed by atoms with van der Waals surface area (Å²) in [5.74, 6) is -0.745. The number of rotatable bonds is 6. The first-order valence-corrected chi connectivity index (χ1v) is 7.26. The summed E-state index contributed by atoms with van der Waals surface area (Å²) < 4.78 is 31.3. The SMILES string of the molecule is CCOC(=O)c1cn[nH]c1S(=O)(=O)NC(C)C(C)N.Cl. The molecule has 2 atom stereocenters. The molecule has 8 nitrogen and oxygen atoms in total. The Balaban J connectivity index is 0.00000361. The highest BCUT2D eigenvalue weighted by Gasteiger charge is 2.27. The lowest BCUT2D eigenvalue weighted by atomic mass is 10.2. The highest BCUT2D eigenvalue weighted by molar-refractivity contribution is 7.89. The second kappa shape index (κ2) is 7.58. The van der Waals surface area contributed by atoms with Crippen LogP contribution in [0.5, 0.6) is 0 Å². The molecule has 4 N–H and O–H groups in total. The highest BCUT2D eigenvalue weighted by atomic mass is 35.5. The number of nitrogens with one attached hydrogen (secondary N) is 2. The molecule has 0 saturated carbocycles. The molecule has 116 valence electrons. The van der Waals surface area contributed by atoms with E-state index in [0.717, 1.165) is 6.20 Å². The van der Waals surface area contributed by atoms with E-state index in [1.807, 2.05) is 0 Å². The maximum Gasteiger partial charge on any atom is 0.342 e. The van der Waals surface area contributed by atoms with Gasteiger partial charge in [-0.3, -0.25) is 5.10 Å². The third-order valence-corrected chi connectivity index (χ3v) is 4.03. The largest absolute Gasteiger partial charge is 0.462 e. The molecule has 0 amide bonds. The summed E-state index contributed by atoms with van der Waals surface area (Å²) in [5.41, 5.74) is 5.46. The fourth-order valence-electron chi connectivity index (χ4n) is 1.24. The molecule has 0 aromatic carbocycles. The van der Waals surface area contributed by atoms with E-state index in [4.69, 9.17) is 10.5 Å². The Bertz CT molecular complexity index is 543. The van der Waals surface area contributed by atoms with Gasteiger partial charge in [0.2, 0.25) is 0 Å². The predicted octanol–water partition coefficient (Wildman–Crippen LogP) is 0.0222. The zero-order chi connectivity index (χ0) is 14.6. The zero-order valence-electron chi connectivity index (χ0n) is 11.4. The molecule has 0 aliphatic rings. The number of carbonyl (C=O) groups excluding carboxylic acids is 1. The van der Waals surface area contributed by atoms with E-state index in [0.29, 0.717) is 0 Å². The Labute approximate surface area is 123 Å². The molecule has 0 spiro atoms. The summed E-state index contributed by atoms with van der Waals surface area (Å²) in [6, 6.07) is -0.855. The van der Waals surface area contributed by atoms with Gasteiger partial charge in [0.15, 0.2) is 5.03 Å². The number of nitrogens with two attached hydrogens (primary N) is 1. The lowest BCUT2D eigenvalue weighted by molar-refractivity contribution is 0.0522. The Morgan fingerprint density at radius 3 is 2.65 bits per heavy atom. The van der Waals surface area contributed by atoms with Gasteiger partial charge in [-0.25, -0.2) is 17.9 Å². The van der Waals surface area contributed by atoms with Crippen LogP contribution in [0.4, 0.5) is 0 Å². The second-order valence-corrected chi connectivity index (χ2v) is 5.75. The van der Waals surface area contributed by atoms with Gasteiger partial charge in [-0.05, 0) is 20.8 Å². The number of nitrogens with zero attached hydrogens (tertiary/aromatic N) is 1. The van der Waals surface area contributed by atoms with Crippen LogP contribution >= 0.6 is 12.4 Å². The summed E-state index contributed by atoms with van der Waals surface area (Å²) in [4.78, 5) is 11.6. The summed E-state index contributed by atoms with van der Waals surface area (Å²) in [5, 5.41) is 5.53. The van der Waals surface area contributed by atoms with Crippen molar-refractivity contribution in [1.29, 1.82) is 0 Å². The molecular weight excluding hydrogens is 308 g/mol. The molecular formula is C10H19ClN4O4S. The fraction of sp³-hybridized carbons (Fsp3) is 0.600. The number of esters is 1. The summed E-state index contributed by atoms with van der Waals surface area (Å²) in [6.07, 6.45) is 1.11. The van der Waals surface area contributed by atoms with Crippen LogP contribution in [0, 0.1) is 0 Å². The maximum atomic E-state index is 12.1. The van der Waals surface area contributed by atoms with Crippen molar-refractivity contribution in [2.75, 3.05) is 6.61 Å². The van der Waals surface area contributed by atoms with E-state index >= 15 is 0 Å². The van der Waals surface area contributed by atoms with Crippen LogP contribution in [-0.4, -0.2) is 43.3 Å². The van der Waals surface area contributed by atoms with Gasteiger partial charge in [0.05, 0.1) is 12.8 Å². The van der Waals surface area contributed by atoms with Gasteiger partial charge >= 0.3 is 5.97 Å². The van der Waals surface area contributed by atoms with E-state index in [9.17, 15) is 13.2 Å². The number of carbonyl (C=O) groups is 1. The molecule has 0 aliphatic carbocycles. The molecule has 20 heavy (non-hydrogen) atoms. The first-order chi connectivity index (χ1) is 8.79. The van der Waals surface area contributed by atoms with Crippen LogP contribution in [0.3, 0.4) is 0 Å². The lowest BCUT2D eigenvalue weighted by Crippen LogP contribution is -2.44. The molecule has 0 fully saturated rings. The van der Waals surface area contributed by atoms with Gasteiger partial charge in [0.1, 0.15) is 5.56 Å². The fourth-order valence-corrected chi connectivity index (χ4v) is 2.66. The average molecular weight is 327 g/mol. The average Bonchev–Trinajstić information content (AvgIpc) is 2.78. The zero-order valence-corrected chi connectivity index (χ0v) is 13.0. The number of aromatic nitrogens is 2. The van der Waals surface area contributed by atoms with Crippen molar-refractivity contribution in [1.82, 2.24) is 14.9 Å². The van der Waals surface area contributed by atoms with Crippen molar-refractivity contribution in [3.63, 3.8) is 0 Å². The molecule has 0 saturated heterocycles. The topological polar surface area (TPSA) is 127 Å². The van der Waals surface area contributed by atoms with Crippen LogP contribution in [0.25, 0.3) is 0 Å². The summed E-state index contributed by atoms with van der Waals surface area (Å²) in [7, 11) is -3.90. The van der Waals surface area contributed by atoms with E-state index in [-0.39, 0.29) is 35.6 Å². The van der Waals surface area contributed by atoms with Gasteiger partial charge < -0.3 is 10.5 Å². The minimum Gasteiger partial charge on any atom is -0.462 e. The van der Waals surface area contributed by atoms with E-state index in [1.165, 1.54) is 0 Å². The standard InChI is InChI=1S/C10H18N4O4S.ClH/c1-4-18-10(15)8-5-12-13-9(8)19(16,17)14-7(3)6(2)11;/h5-7,14H,4,11H2,1-3H3,(H,12,13);1H. The van der Waals surface area contributed by atoms with Crippen molar-refractivity contribution in [2.24, 2.45) is 5.73 Å². The molecule has 0 aliphatic heterocycles. The monoisotopic (exact) mass is 326 g/mol. The number of halogens is 1. The molecule has 10 heteroatoms. The van der Waals surface area contributed by atoms with Crippen molar-refractivity contribution >= 4 is 28.4 Å². The van der Waals surface area contributed by atoms with Crippen LogP contribution in [0.1, 0.15) is 31.1 Å². The number of ether oxygens (including phenoxy) is 1. The number of hydrogen-bond donors (Lipinski definition) is 3. The molecule has 0 radical (unpaired) electrons. The van der Waals surface area contributed by atoms with Crippen LogP contribution in [0.15, 0.2) is 11.2 Å². The molecule has 1 aromatic heterocycles. The lowest BCUT2D eigenvalue weighted by Gasteiger charge is -2.17. The van der Waals surface area contributed by atoms with E-state index in [1.54, 1.807) is 20.8 Å². The van der Waals surface area contributed by atoms with Crippen molar-refractivity contribution < 1.29 is 17.9 Å². The predicted molar refractivity (Wildman–Crippen MR) is 75.2 cm³/mol. The molecule has 0 bridgehead atoms. The number of sulfonamides is 1. The van der Waals surface area contributed by atoms with Crippen LogP contribution < -0.4 is 10.5 Å². The molecule has 1 rings (SSSR count). The second-order valence-electron chi connectivity index (χ2n) is 4.10. The Morgan fingerprint density at radius 1 is 1.55 bits per heavy atom. The van der Waals surface area contributed by atoms with Crippen LogP contribution in [-0.2, 0) is 14.8 Å². The first-order valence-electron chi connectivity index (χ1n) is 5.78. The summed E-state index contributed by atoms with van der Waals surface area (Å²) in [6.45, 7) is 5.07. The van der Waals surface area contributed by atoms with Crippen molar-refractivity contribution in [2.45, 2.75) is 37.9 Å². The molecule has 2 unspecified atom stereocenters. The van der Waals surface area contributed by atoms with E-state index < -0.39 is 22.0 Å². The van der Waals surface area contributed by atoms with Crippen molar-refractivity contribution in [3.8, 4) is 0 Å². The maximum absolute atomic E-state index is 12.1. The van der Waals surface area contributed by atoms with Gasteiger partial charge in [0.25, 0.3) is 10.0 Å². The van der Waals surface area contributed by atoms with Crippen LogP contribution in [0.2, 0.25) is 0 Å². The number of aromatic amines is 1. The summed E-state index contributed by atoms with van der Waals surface area (Å²) >= 11 is 0. The van der Waals surface area contributed by atoms with Gasteiger partial charge in [-0.15, -0.1) is 12.4 Å². The quantitative estimate of drug-likeness (QED) is 0.632. The van der Waals surface area contributed by atoms with Gasteiger partial charge in [-0.1, -0.05) is 0 Å². The number of hydrogen-bond acceptors (Lipinski definition) is 6. The Morgan fingerprint density at radius 2 is 2.15 bits per heavy atom. The smallest absolute Gasteiger partial charge is 0.342 e. The van der Waals surface area contributed by atoms with Gasteiger partial charge in [0, 0.05) is 12.1 Å². The van der Waals surface area contributed by atoms with Crippen molar-refractivity contribution in [3.05, 3.63) is 11.8 Å². The number of H-pyrrole nitrogens is 1. The third-order valence-electron chi connectivity index (χ3n) is 2.50. The molecule has 1 aromatic rings. The van der Waals surface area contributed by atoms with Gasteiger partial charge in [-0.2, -0.15) is 5.10 Å². The highest BCUT2D eigenvalue weighted by Crippen LogP contribution is 2.13. The minimum atomic E-state index is -3.90. The van der Waals surface area contributed by atoms with E-state index in [2.05, 4.69) is 14.9 Å². The first kappa shape index (κ1) is 18.8. The Hall–Kier alpha value is -1.16.